The van der Waals surface area contributed by atoms with Crippen LogP contribution in [0, 0.1) is 0 Å². The first-order valence-corrected chi connectivity index (χ1v) is 6.95. The maximum absolute atomic E-state index is 5.56. The monoisotopic (exact) mass is 246 g/mol. The van der Waals surface area contributed by atoms with Crippen molar-refractivity contribution < 1.29 is 0 Å². The highest BCUT2D eigenvalue weighted by molar-refractivity contribution is 7.13. The molecular formula is C14H18N2S. The van der Waals surface area contributed by atoms with Crippen LogP contribution < -0.4 is 5.73 Å². The first-order valence-electron chi connectivity index (χ1n) is 6.07. The van der Waals surface area contributed by atoms with Gasteiger partial charge in [-0.3, -0.25) is 0 Å². The molecule has 2 rings (SSSR count). The van der Waals surface area contributed by atoms with Gasteiger partial charge in [0.25, 0.3) is 0 Å². The van der Waals surface area contributed by atoms with Crippen LogP contribution in [-0.2, 0) is 13.0 Å². The minimum Gasteiger partial charge on any atom is -0.325 e. The minimum absolute atomic E-state index is 0.519. The third kappa shape index (κ3) is 3.14. The third-order valence-corrected chi connectivity index (χ3v) is 3.72. The molecule has 0 unspecified atom stereocenters. The van der Waals surface area contributed by atoms with Crippen molar-refractivity contribution in [2.24, 2.45) is 5.73 Å². The molecule has 2 aromatic rings. The molecule has 0 aliphatic rings. The van der Waals surface area contributed by atoms with Crippen LogP contribution in [0.5, 0.6) is 0 Å². The van der Waals surface area contributed by atoms with Crippen LogP contribution in [0.3, 0.4) is 0 Å². The number of aryl methyl sites for hydroxylation is 1. The number of aromatic nitrogens is 1. The minimum atomic E-state index is 0.519. The Kier molecular flexibility index (Phi) is 4.29. The lowest BCUT2D eigenvalue weighted by Gasteiger charge is -2.01. The normalized spacial score (nSPS) is 10.7. The molecular weight excluding hydrogens is 228 g/mol. The molecule has 0 atom stereocenters. The van der Waals surface area contributed by atoms with Gasteiger partial charge in [0, 0.05) is 17.5 Å². The van der Waals surface area contributed by atoms with E-state index in [9.17, 15) is 0 Å². The van der Waals surface area contributed by atoms with Crippen LogP contribution in [0.15, 0.2) is 29.6 Å². The zero-order valence-electron chi connectivity index (χ0n) is 10.1. The van der Waals surface area contributed by atoms with E-state index in [1.54, 1.807) is 11.3 Å². The Morgan fingerprint density at radius 2 is 2.00 bits per heavy atom. The Balaban J connectivity index is 2.11. The van der Waals surface area contributed by atoms with Crippen LogP contribution >= 0.6 is 11.3 Å². The van der Waals surface area contributed by atoms with E-state index in [-0.39, 0.29) is 0 Å². The van der Waals surface area contributed by atoms with Gasteiger partial charge in [0.15, 0.2) is 0 Å². The molecule has 1 heterocycles. The van der Waals surface area contributed by atoms with E-state index in [0.29, 0.717) is 6.54 Å². The van der Waals surface area contributed by atoms with E-state index in [4.69, 9.17) is 5.73 Å². The van der Waals surface area contributed by atoms with Crippen molar-refractivity contribution in [1.29, 1.82) is 0 Å². The molecule has 90 valence electrons. The summed E-state index contributed by atoms with van der Waals surface area (Å²) in [6.07, 6.45) is 3.67. The molecule has 0 saturated carbocycles. The predicted octanol–water partition coefficient (Wildman–Crippen LogP) is 3.61. The molecule has 2 nitrogen and oxygen atoms in total. The highest BCUT2D eigenvalue weighted by Gasteiger charge is 2.03. The highest BCUT2D eigenvalue weighted by Crippen LogP contribution is 2.24. The second kappa shape index (κ2) is 5.94. The molecule has 0 bridgehead atoms. The van der Waals surface area contributed by atoms with Gasteiger partial charge in [0.2, 0.25) is 0 Å². The smallest absolute Gasteiger partial charge is 0.123 e. The van der Waals surface area contributed by atoms with Crippen LogP contribution in [0.2, 0.25) is 0 Å². The Labute approximate surface area is 107 Å². The zero-order valence-corrected chi connectivity index (χ0v) is 11.0. The van der Waals surface area contributed by atoms with Gasteiger partial charge in [0.1, 0.15) is 5.01 Å². The summed E-state index contributed by atoms with van der Waals surface area (Å²) in [5.74, 6) is 0. The molecule has 1 aromatic carbocycles. The number of nitrogens with zero attached hydrogens (tertiary/aromatic N) is 1. The topological polar surface area (TPSA) is 38.9 Å². The second-order valence-electron chi connectivity index (χ2n) is 4.15. The third-order valence-electron chi connectivity index (χ3n) is 2.78. The molecule has 17 heavy (non-hydrogen) atoms. The highest BCUT2D eigenvalue weighted by atomic mass is 32.1. The van der Waals surface area contributed by atoms with E-state index in [2.05, 4.69) is 36.2 Å². The van der Waals surface area contributed by atoms with Crippen LogP contribution in [0.4, 0.5) is 0 Å². The largest absolute Gasteiger partial charge is 0.325 e. The van der Waals surface area contributed by atoms with Gasteiger partial charge in [-0.15, -0.1) is 11.3 Å². The second-order valence-corrected chi connectivity index (χ2v) is 5.01. The summed E-state index contributed by atoms with van der Waals surface area (Å²) in [7, 11) is 0. The summed E-state index contributed by atoms with van der Waals surface area (Å²) in [5.41, 5.74) is 9.13. The number of hydrogen-bond acceptors (Lipinski definition) is 3. The fraction of sp³-hybridized carbons (Fsp3) is 0.357. The lowest BCUT2D eigenvalue weighted by Crippen LogP contribution is -1.95. The molecule has 0 radical (unpaired) electrons. The number of nitrogens with two attached hydrogens (primary N) is 1. The summed E-state index contributed by atoms with van der Waals surface area (Å²) in [4.78, 5) is 4.48. The average Bonchev–Trinajstić information content (AvgIpc) is 2.86. The van der Waals surface area contributed by atoms with Crippen LogP contribution in [-0.4, -0.2) is 4.98 Å². The summed E-state index contributed by atoms with van der Waals surface area (Å²) >= 11 is 1.66. The predicted molar refractivity (Wildman–Crippen MR) is 74.1 cm³/mol. The van der Waals surface area contributed by atoms with Gasteiger partial charge < -0.3 is 5.73 Å². The van der Waals surface area contributed by atoms with Gasteiger partial charge in [-0.25, -0.2) is 4.98 Å². The lowest BCUT2D eigenvalue weighted by atomic mass is 10.1. The lowest BCUT2D eigenvalue weighted by molar-refractivity contribution is 0.795. The van der Waals surface area contributed by atoms with Gasteiger partial charge in [-0.05, 0) is 18.4 Å². The van der Waals surface area contributed by atoms with E-state index in [1.165, 1.54) is 30.4 Å². The molecule has 2 N–H and O–H groups in total. The van der Waals surface area contributed by atoms with E-state index < -0.39 is 0 Å². The van der Waals surface area contributed by atoms with Crippen LogP contribution in [0.1, 0.15) is 31.0 Å². The summed E-state index contributed by atoms with van der Waals surface area (Å²) in [5, 5.41) is 3.09. The first-order chi connectivity index (χ1) is 8.33. The molecule has 0 spiro atoms. The number of benzene rings is 1. The number of hydrogen-bond donors (Lipinski definition) is 1. The maximum atomic E-state index is 5.56. The number of unbranched alkanes of at least 4 members (excludes halogenated alkanes) is 1. The quantitative estimate of drug-likeness (QED) is 0.875. The zero-order chi connectivity index (χ0) is 12.1. The van der Waals surface area contributed by atoms with E-state index >= 15 is 0 Å². The fourth-order valence-electron chi connectivity index (χ4n) is 1.73. The van der Waals surface area contributed by atoms with E-state index in [0.717, 1.165) is 10.7 Å². The Morgan fingerprint density at radius 3 is 2.59 bits per heavy atom. The maximum Gasteiger partial charge on any atom is 0.123 e. The van der Waals surface area contributed by atoms with Crippen LogP contribution in [0.25, 0.3) is 10.6 Å². The molecule has 0 aliphatic carbocycles. The van der Waals surface area contributed by atoms with Gasteiger partial charge in [-0.1, -0.05) is 37.6 Å². The molecule has 0 fully saturated rings. The fourth-order valence-corrected chi connectivity index (χ4v) is 2.57. The van der Waals surface area contributed by atoms with Crippen molar-refractivity contribution in [2.75, 3.05) is 0 Å². The van der Waals surface area contributed by atoms with Crippen molar-refractivity contribution in [3.05, 3.63) is 40.9 Å². The first kappa shape index (κ1) is 12.3. The van der Waals surface area contributed by atoms with Crippen molar-refractivity contribution in [3.8, 4) is 10.6 Å². The summed E-state index contributed by atoms with van der Waals surface area (Å²) < 4.78 is 0. The molecule has 0 amide bonds. The molecule has 0 aliphatic heterocycles. The van der Waals surface area contributed by atoms with Crippen molar-refractivity contribution in [1.82, 2.24) is 4.98 Å². The molecule has 0 saturated heterocycles. The summed E-state index contributed by atoms with van der Waals surface area (Å²) in [6.45, 7) is 2.74. The Morgan fingerprint density at radius 1 is 1.24 bits per heavy atom. The molecule has 1 aromatic heterocycles. The van der Waals surface area contributed by atoms with Gasteiger partial charge >= 0.3 is 0 Å². The standard InChI is InChI=1S/C14H18N2S/c1-2-3-4-11-5-7-12(8-6-11)14-16-13(9-15)10-17-14/h5-8,10H,2-4,9,15H2,1H3. The van der Waals surface area contributed by atoms with Crippen molar-refractivity contribution in [2.45, 2.75) is 32.7 Å². The number of thiazole rings is 1. The Bertz CT molecular complexity index is 459. The van der Waals surface area contributed by atoms with Gasteiger partial charge in [0.05, 0.1) is 5.69 Å². The SMILES string of the molecule is CCCCc1ccc(-c2nc(CN)cs2)cc1. The number of rotatable bonds is 5. The van der Waals surface area contributed by atoms with Gasteiger partial charge in [-0.2, -0.15) is 0 Å². The van der Waals surface area contributed by atoms with E-state index in [1.807, 2.05) is 5.38 Å². The van der Waals surface area contributed by atoms with Crippen molar-refractivity contribution in [3.63, 3.8) is 0 Å². The van der Waals surface area contributed by atoms with Crippen molar-refractivity contribution >= 4 is 11.3 Å². The average molecular weight is 246 g/mol. The summed E-state index contributed by atoms with van der Waals surface area (Å²) in [6, 6.07) is 8.72. The Hall–Kier alpha value is -1.19. The molecule has 3 heteroatoms.